The van der Waals surface area contributed by atoms with Crippen LogP contribution in [0.1, 0.15) is 5.56 Å². The molecule has 5 nitrogen and oxygen atoms in total. The third kappa shape index (κ3) is 4.60. The molecule has 0 spiro atoms. The molecule has 0 unspecified atom stereocenters. The zero-order valence-corrected chi connectivity index (χ0v) is 11.8. The molecule has 1 N–H and O–H groups in total. The van der Waals surface area contributed by atoms with E-state index in [4.69, 9.17) is 5.11 Å². The maximum Gasteiger partial charge on any atom is 0.359 e. The van der Waals surface area contributed by atoms with Gasteiger partial charge in [0.15, 0.2) is 6.20 Å². The fourth-order valence-electron chi connectivity index (χ4n) is 1.25. The second kappa shape index (κ2) is 6.44. The lowest BCUT2D eigenvalue weighted by atomic mass is 10.2. The smallest absolute Gasteiger partial charge is 0.359 e. The van der Waals surface area contributed by atoms with E-state index >= 15 is 0 Å². The number of phenolic OH excluding ortho intramolecular Hbond substituents is 1. The van der Waals surface area contributed by atoms with Crippen molar-refractivity contribution in [1.82, 2.24) is 0 Å². The van der Waals surface area contributed by atoms with Gasteiger partial charge in [0.2, 0.25) is 0 Å². The Morgan fingerprint density at radius 3 is 2.30 bits per heavy atom. The van der Waals surface area contributed by atoms with Gasteiger partial charge < -0.3 is 9.66 Å². The van der Waals surface area contributed by atoms with Crippen molar-refractivity contribution in [3.8, 4) is 5.75 Å². The normalized spacial score (nSPS) is 10.6. The Bertz CT molecular complexity index is 680. The van der Waals surface area contributed by atoms with Crippen LogP contribution in [0.3, 0.4) is 0 Å². The highest BCUT2D eigenvalue weighted by Gasteiger charge is 2.03. The van der Waals surface area contributed by atoms with Crippen LogP contribution in [0.2, 0.25) is 0 Å². The van der Waals surface area contributed by atoms with Crippen molar-refractivity contribution in [1.29, 1.82) is 0 Å². The summed E-state index contributed by atoms with van der Waals surface area (Å²) in [4.78, 5) is -0.411. The van der Waals surface area contributed by atoms with Crippen LogP contribution in [0.15, 0.2) is 47.5 Å². The molecule has 108 valence electrons. The zero-order chi connectivity index (χ0) is 15.3. The highest BCUT2D eigenvalue weighted by molar-refractivity contribution is 7.85. The van der Waals surface area contributed by atoms with E-state index in [1.165, 1.54) is 16.7 Å². The van der Waals surface area contributed by atoms with Crippen LogP contribution < -0.4 is 4.57 Å². The number of hydrogen-bond donors (Lipinski definition) is 1. The van der Waals surface area contributed by atoms with Gasteiger partial charge in [0.25, 0.3) is 0 Å². The lowest BCUT2D eigenvalue weighted by Gasteiger charge is -2.07. The Labute approximate surface area is 116 Å². The standard InChI is InChI=1S/C7H8O4S.C6H7FN/c1-5-2-3-6(4-7(5)8)12(9,10)11;1-8-5-3-2-4-6(8)7/h2-4,8H,1H3,(H,9,10,11);2-5H,1H3/q;+1/p-1. The first kappa shape index (κ1) is 16.1. The minimum absolute atomic E-state index is 0.188. The van der Waals surface area contributed by atoms with E-state index in [-0.39, 0.29) is 11.7 Å². The summed E-state index contributed by atoms with van der Waals surface area (Å²) in [5.41, 5.74) is 0.530. The van der Waals surface area contributed by atoms with E-state index in [0.717, 1.165) is 12.1 Å². The summed E-state index contributed by atoms with van der Waals surface area (Å²) in [6, 6.07) is 8.34. The van der Waals surface area contributed by atoms with E-state index in [1.54, 1.807) is 32.3 Å². The molecule has 7 heteroatoms. The van der Waals surface area contributed by atoms with E-state index in [2.05, 4.69) is 0 Å². The van der Waals surface area contributed by atoms with Gasteiger partial charge in [-0.2, -0.15) is 4.57 Å². The predicted molar refractivity (Wildman–Crippen MR) is 68.4 cm³/mol. The average molecular weight is 299 g/mol. The predicted octanol–water partition coefficient (Wildman–Crippen LogP) is 1.25. The van der Waals surface area contributed by atoms with Crippen molar-refractivity contribution >= 4 is 10.1 Å². The first-order valence-electron chi connectivity index (χ1n) is 5.57. The summed E-state index contributed by atoms with van der Waals surface area (Å²) in [7, 11) is -2.79. The van der Waals surface area contributed by atoms with Crippen molar-refractivity contribution in [2.45, 2.75) is 11.8 Å². The molecule has 2 rings (SSSR count). The molecule has 0 bridgehead atoms. The summed E-state index contributed by atoms with van der Waals surface area (Å²) >= 11 is 0. The van der Waals surface area contributed by atoms with E-state index in [0.29, 0.717) is 5.56 Å². The summed E-state index contributed by atoms with van der Waals surface area (Å²) in [6.45, 7) is 1.61. The van der Waals surface area contributed by atoms with Gasteiger partial charge in [0.1, 0.15) is 22.9 Å². The number of aromatic nitrogens is 1. The van der Waals surface area contributed by atoms with E-state index < -0.39 is 15.0 Å². The van der Waals surface area contributed by atoms with E-state index in [9.17, 15) is 17.4 Å². The Morgan fingerprint density at radius 1 is 1.25 bits per heavy atom. The number of aromatic hydroxyl groups is 1. The number of halogens is 1. The number of nitrogens with zero attached hydrogens (tertiary/aromatic N) is 1. The molecule has 1 heterocycles. The van der Waals surface area contributed by atoms with Gasteiger partial charge in [-0.15, -0.1) is 4.39 Å². The fourth-order valence-corrected chi connectivity index (χ4v) is 1.74. The minimum atomic E-state index is -4.45. The maximum absolute atomic E-state index is 12.3. The second-order valence-corrected chi connectivity index (χ2v) is 5.42. The third-order valence-corrected chi connectivity index (χ3v) is 3.29. The van der Waals surface area contributed by atoms with Gasteiger partial charge in [-0.25, -0.2) is 8.42 Å². The van der Waals surface area contributed by atoms with Crippen LogP contribution in [-0.4, -0.2) is 18.1 Å². The number of rotatable bonds is 1. The van der Waals surface area contributed by atoms with Crippen LogP contribution in [0, 0.1) is 12.9 Å². The molecular formula is C13H14FNO4S. The molecule has 1 aromatic carbocycles. The number of benzene rings is 1. The zero-order valence-electron chi connectivity index (χ0n) is 10.9. The molecular weight excluding hydrogens is 285 g/mol. The minimum Gasteiger partial charge on any atom is -0.744 e. The Kier molecular flexibility index (Phi) is 5.18. The van der Waals surface area contributed by atoms with Gasteiger partial charge in [-0.05, 0) is 30.7 Å². The number of phenols is 1. The molecule has 0 aliphatic carbocycles. The van der Waals surface area contributed by atoms with Gasteiger partial charge >= 0.3 is 5.95 Å². The summed E-state index contributed by atoms with van der Waals surface area (Å²) in [6.07, 6.45) is 1.66. The number of hydrogen-bond acceptors (Lipinski definition) is 4. The van der Waals surface area contributed by atoms with Gasteiger partial charge in [0, 0.05) is 12.1 Å². The molecule has 0 amide bonds. The van der Waals surface area contributed by atoms with Crippen LogP contribution in [0.4, 0.5) is 4.39 Å². The molecule has 0 aliphatic heterocycles. The van der Waals surface area contributed by atoms with Gasteiger partial charge in [0.05, 0.1) is 4.90 Å². The van der Waals surface area contributed by atoms with Gasteiger partial charge in [-0.1, -0.05) is 6.07 Å². The Morgan fingerprint density at radius 2 is 1.90 bits per heavy atom. The van der Waals surface area contributed by atoms with Crippen LogP contribution >= 0.6 is 0 Å². The molecule has 2 aromatic rings. The van der Waals surface area contributed by atoms with E-state index in [1.807, 2.05) is 0 Å². The van der Waals surface area contributed by atoms with Crippen molar-refractivity contribution in [3.63, 3.8) is 0 Å². The summed E-state index contributed by atoms with van der Waals surface area (Å²) in [5.74, 6) is -0.403. The summed E-state index contributed by atoms with van der Waals surface area (Å²) in [5, 5.41) is 9.06. The Balaban J connectivity index is 0.000000217. The van der Waals surface area contributed by atoms with Gasteiger partial charge in [-0.3, -0.25) is 0 Å². The quantitative estimate of drug-likeness (QED) is 0.488. The topological polar surface area (TPSA) is 81.3 Å². The van der Waals surface area contributed by atoms with Crippen LogP contribution in [-0.2, 0) is 17.2 Å². The first-order valence-corrected chi connectivity index (χ1v) is 6.98. The van der Waals surface area contributed by atoms with Crippen LogP contribution in [0.25, 0.3) is 0 Å². The average Bonchev–Trinajstić information content (AvgIpc) is 2.36. The molecule has 0 saturated carbocycles. The molecule has 0 fully saturated rings. The summed E-state index contributed by atoms with van der Waals surface area (Å²) < 4.78 is 45.0. The second-order valence-electron chi connectivity index (χ2n) is 4.04. The van der Waals surface area contributed by atoms with Crippen LogP contribution in [0.5, 0.6) is 5.75 Å². The molecule has 20 heavy (non-hydrogen) atoms. The maximum atomic E-state index is 12.3. The molecule has 0 aliphatic rings. The van der Waals surface area contributed by atoms with Crippen molar-refractivity contribution in [2.75, 3.05) is 0 Å². The SMILES string of the molecule is C[n+]1ccccc1F.Cc1ccc(S(=O)(=O)[O-])cc1O. The lowest BCUT2D eigenvalue weighted by Crippen LogP contribution is -2.31. The van der Waals surface area contributed by atoms with Crippen molar-refractivity contribution in [3.05, 3.63) is 54.1 Å². The highest BCUT2D eigenvalue weighted by Crippen LogP contribution is 2.20. The third-order valence-electron chi connectivity index (χ3n) is 2.46. The lowest BCUT2D eigenvalue weighted by molar-refractivity contribution is -0.700. The van der Waals surface area contributed by atoms with Crippen molar-refractivity contribution in [2.24, 2.45) is 7.05 Å². The largest absolute Gasteiger partial charge is 0.744 e. The number of aryl methyl sites for hydroxylation is 2. The molecule has 0 saturated heterocycles. The molecule has 0 radical (unpaired) electrons. The molecule has 0 atom stereocenters. The fraction of sp³-hybridized carbons (Fsp3) is 0.154. The highest BCUT2D eigenvalue weighted by atomic mass is 32.2. The Hall–Kier alpha value is -1.99. The monoisotopic (exact) mass is 299 g/mol. The number of pyridine rings is 1. The van der Waals surface area contributed by atoms with Crippen molar-refractivity contribution < 1.29 is 27.0 Å². The molecule has 1 aromatic heterocycles. The first-order chi connectivity index (χ1) is 9.21.